The molecule has 0 saturated carbocycles. The standard InChI is InChI=1S/C22H19N5OS/c28-20-7-12(14-9-23-24-10-14)1-4-17(20)19-8-21-22(27-26-19)18(11-29-21)13-5-15-2-3-16(6-13)25-15/h1,4-5,7-11,15-16,25,28H,2-3,6H2,(H,23,24). The third kappa shape index (κ3) is 2.85. The van der Waals surface area contributed by atoms with Gasteiger partial charge in [-0.3, -0.25) is 5.10 Å². The molecule has 1 fully saturated rings. The first-order valence-electron chi connectivity index (χ1n) is 9.79. The zero-order valence-electron chi connectivity index (χ0n) is 15.6. The third-order valence-corrected chi connectivity index (χ3v) is 6.83. The summed E-state index contributed by atoms with van der Waals surface area (Å²) in [6, 6.07) is 8.70. The highest BCUT2D eigenvalue weighted by atomic mass is 32.1. The van der Waals surface area contributed by atoms with E-state index in [0.717, 1.165) is 27.8 Å². The smallest absolute Gasteiger partial charge is 0.125 e. The van der Waals surface area contributed by atoms with Crippen LogP contribution in [0.5, 0.6) is 5.75 Å². The molecule has 6 rings (SSSR count). The molecule has 0 spiro atoms. The number of phenols is 1. The van der Waals surface area contributed by atoms with Crippen LogP contribution in [-0.2, 0) is 0 Å². The molecule has 2 bridgehead atoms. The molecule has 3 aromatic heterocycles. The van der Waals surface area contributed by atoms with Gasteiger partial charge in [0.1, 0.15) is 11.3 Å². The van der Waals surface area contributed by atoms with Crippen LogP contribution in [0.15, 0.2) is 48.1 Å². The molecule has 5 heterocycles. The van der Waals surface area contributed by atoms with Crippen LogP contribution >= 0.6 is 11.3 Å². The summed E-state index contributed by atoms with van der Waals surface area (Å²) in [6.45, 7) is 0. The number of aromatic hydroxyl groups is 1. The lowest BCUT2D eigenvalue weighted by molar-refractivity contribution is 0.477. The van der Waals surface area contributed by atoms with E-state index >= 15 is 0 Å². The van der Waals surface area contributed by atoms with Gasteiger partial charge in [-0.25, -0.2) is 0 Å². The van der Waals surface area contributed by atoms with Crippen LogP contribution in [0.2, 0.25) is 0 Å². The van der Waals surface area contributed by atoms with Gasteiger partial charge in [0.15, 0.2) is 0 Å². The lowest BCUT2D eigenvalue weighted by Gasteiger charge is -2.20. The number of aromatic nitrogens is 4. The van der Waals surface area contributed by atoms with Gasteiger partial charge in [0.25, 0.3) is 0 Å². The number of benzene rings is 1. The minimum atomic E-state index is 0.187. The second-order valence-corrected chi connectivity index (χ2v) is 8.67. The van der Waals surface area contributed by atoms with Crippen LogP contribution in [0.3, 0.4) is 0 Å². The summed E-state index contributed by atoms with van der Waals surface area (Å²) in [4.78, 5) is 0. The molecule has 29 heavy (non-hydrogen) atoms. The lowest BCUT2D eigenvalue weighted by Crippen LogP contribution is -2.31. The van der Waals surface area contributed by atoms with E-state index in [4.69, 9.17) is 0 Å². The lowest BCUT2D eigenvalue weighted by atomic mass is 9.97. The van der Waals surface area contributed by atoms with Crippen LogP contribution in [0, 0.1) is 0 Å². The molecule has 1 aromatic carbocycles. The maximum atomic E-state index is 10.6. The van der Waals surface area contributed by atoms with Crippen LogP contribution in [-0.4, -0.2) is 37.6 Å². The second kappa shape index (κ2) is 6.50. The minimum Gasteiger partial charge on any atom is -0.507 e. The highest BCUT2D eigenvalue weighted by molar-refractivity contribution is 7.17. The second-order valence-electron chi connectivity index (χ2n) is 7.75. The van der Waals surface area contributed by atoms with Crippen LogP contribution in [0.1, 0.15) is 24.8 Å². The van der Waals surface area contributed by atoms with Gasteiger partial charge in [-0.1, -0.05) is 12.1 Å². The summed E-state index contributed by atoms with van der Waals surface area (Å²) in [5.74, 6) is 0.187. The molecule has 2 aliphatic heterocycles. The number of nitrogens with one attached hydrogen (secondary N) is 2. The predicted octanol–water partition coefficient (Wildman–Crippen LogP) is 4.36. The van der Waals surface area contributed by atoms with Crippen molar-refractivity contribution in [2.24, 2.45) is 0 Å². The van der Waals surface area contributed by atoms with E-state index in [9.17, 15) is 5.11 Å². The number of phenolic OH excluding ortho intramolecular Hbond substituents is 1. The molecule has 2 unspecified atom stereocenters. The largest absolute Gasteiger partial charge is 0.507 e. The molecular weight excluding hydrogens is 382 g/mol. The Morgan fingerprint density at radius 1 is 1.07 bits per heavy atom. The number of fused-ring (bicyclic) bond motifs is 3. The van der Waals surface area contributed by atoms with Crippen LogP contribution in [0.25, 0.3) is 38.2 Å². The van der Waals surface area contributed by atoms with E-state index in [2.05, 4.69) is 37.2 Å². The summed E-state index contributed by atoms with van der Waals surface area (Å²) < 4.78 is 1.09. The Labute approximate surface area is 171 Å². The molecule has 2 aliphatic rings. The van der Waals surface area contributed by atoms with E-state index in [1.54, 1.807) is 29.8 Å². The normalized spacial score (nSPS) is 20.9. The molecule has 1 saturated heterocycles. The highest BCUT2D eigenvalue weighted by Gasteiger charge is 2.29. The van der Waals surface area contributed by atoms with E-state index in [1.807, 2.05) is 18.2 Å². The number of aromatic amines is 1. The molecule has 2 atom stereocenters. The number of H-pyrrole nitrogens is 1. The van der Waals surface area contributed by atoms with Gasteiger partial charge in [-0.15, -0.1) is 21.5 Å². The fourth-order valence-electron chi connectivity index (χ4n) is 4.44. The third-order valence-electron chi connectivity index (χ3n) is 5.91. The minimum absolute atomic E-state index is 0.187. The number of hydrogen-bond donors (Lipinski definition) is 3. The Morgan fingerprint density at radius 3 is 2.86 bits per heavy atom. The van der Waals surface area contributed by atoms with Crippen molar-refractivity contribution >= 4 is 27.1 Å². The molecule has 0 amide bonds. The summed E-state index contributed by atoms with van der Waals surface area (Å²) in [7, 11) is 0. The van der Waals surface area contributed by atoms with Gasteiger partial charge in [-0.2, -0.15) is 5.10 Å². The van der Waals surface area contributed by atoms with Crippen molar-refractivity contribution in [3.05, 3.63) is 53.7 Å². The number of nitrogens with zero attached hydrogens (tertiary/aromatic N) is 3. The molecule has 4 aromatic rings. The van der Waals surface area contributed by atoms with Crippen LogP contribution < -0.4 is 5.32 Å². The zero-order valence-corrected chi connectivity index (χ0v) is 16.4. The van der Waals surface area contributed by atoms with E-state index in [1.165, 1.54) is 24.0 Å². The summed E-state index contributed by atoms with van der Waals surface area (Å²) in [5.41, 5.74) is 6.75. The van der Waals surface area contributed by atoms with E-state index < -0.39 is 0 Å². The van der Waals surface area contributed by atoms with Crippen molar-refractivity contribution in [2.75, 3.05) is 0 Å². The molecular formula is C22H19N5OS. The Kier molecular flexibility index (Phi) is 3.79. The number of rotatable bonds is 3. The van der Waals surface area contributed by atoms with Crippen molar-refractivity contribution in [3.63, 3.8) is 0 Å². The van der Waals surface area contributed by atoms with Gasteiger partial charge in [-0.05, 0) is 48.6 Å². The Bertz CT molecular complexity index is 1240. The van der Waals surface area contributed by atoms with Gasteiger partial charge in [0.05, 0.1) is 16.6 Å². The fraction of sp³-hybridized carbons (Fsp3) is 0.227. The van der Waals surface area contributed by atoms with Crippen LogP contribution in [0.4, 0.5) is 0 Å². The maximum Gasteiger partial charge on any atom is 0.125 e. The van der Waals surface area contributed by atoms with Gasteiger partial charge < -0.3 is 10.4 Å². The molecule has 7 heteroatoms. The first-order valence-corrected chi connectivity index (χ1v) is 10.7. The van der Waals surface area contributed by atoms with Gasteiger partial charge in [0, 0.05) is 40.4 Å². The first-order chi connectivity index (χ1) is 14.2. The Morgan fingerprint density at radius 2 is 2.03 bits per heavy atom. The first kappa shape index (κ1) is 16.9. The summed E-state index contributed by atoms with van der Waals surface area (Å²) in [6.07, 6.45) is 9.42. The molecule has 6 nitrogen and oxygen atoms in total. The topological polar surface area (TPSA) is 86.7 Å². The Balaban J connectivity index is 1.37. The predicted molar refractivity (Wildman–Crippen MR) is 115 cm³/mol. The zero-order chi connectivity index (χ0) is 19.4. The Hall–Kier alpha value is -3.03. The molecule has 0 aliphatic carbocycles. The molecule has 144 valence electrons. The van der Waals surface area contributed by atoms with Crippen molar-refractivity contribution in [1.82, 2.24) is 25.7 Å². The average molecular weight is 401 g/mol. The van der Waals surface area contributed by atoms with Crippen molar-refractivity contribution < 1.29 is 5.11 Å². The van der Waals surface area contributed by atoms with Crippen molar-refractivity contribution in [2.45, 2.75) is 31.3 Å². The number of thiophene rings is 1. The average Bonchev–Trinajstić information content (AvgIpc) is 3.47. The van der Waals surface area contributed by atoms with Gasteiger partial charge in [0.2, 0.25) is 0 Å². The highest BCUT2D eigenvalue weighted by Crippen LogP contribution is 2.39. The fourth-order valence-corrected chi connectivity index (χ4v) is 5.39. The quantitative estimate of drug-likeness (QED) is 0.475. The van der Waals surface area contributed by atoms with E-state index in [0.29, 0.717) is 23.3 Å². The SMILES string of the molecule is Oc1cc(-c2cn[nH]c2)ccc1-c1cc2scc(C3=CC4CCC(C3)N4)c2nn1. The maximum absolute atomic E-state index is 10.6. The molecule has 0 radical (unpaired) electrons. The van der Waals surface area contributed by atoms with Gasteiger partial charge >= 0.3 is 0 Å². The van der Waals surface area contributed by atoms with E-state index in [-0.39, 0.29) is 5.75 Å². The molecule has 3 N–H and O–H groups in total. The summed E-state index contributed by atoms with van der Waals surface area (Å²) in [5, 5.41) is 32.2. The number of hydrogen-bond acceptors (Lipinski definition) is 6. The monoisotopic (exact) mass is 401 g/mol. The summed E-state index contributed by atoms with van der Waals surface area (Å²) >= 11 is 1.69. The van der Waals surface area contributed by atoms with Crippen molar-refractivity contribution in [1.29, 1.82) is 0 Å². The van der Waals surface area contributed by atoms with Crippen molar-refractivity contribution in [3.8, 4) is 28.1 Å².